The molecule has 0 bridgehead atoms. The van der Waals surface area contributed by atoms with Crippen molar-refractivity contribution >= 4 is 17.5 Å². The summed E-state index contributed by atoms with van der Waals surface area (Å²) in [6, 6.07) is 18.8. The minimum Gasteiger partial charge on any atom is -0.454 e. The molecule has 0 aliphatic carbocycles. The third-order valence-electron chi connectivity index (χ3n) is 6.69. The van der Waals surface area contributed by atoms with E-state index in [1.807, 2.05) is 42.5 Å². The Hall–Kier alpha value is -4.66. The molecular formula is C28H25N5O4. The van der Waals surface area contributed by atoms with Crippen LogP contribution in [0.25, 0.3) is 16.9 Å². The summed E-state index contributed by atoms with van der Waals surface area (Å²) in [6.45, 7) is 1.16. The van der Waals surface area contributed by atoms with Crippen LogP contribution in [0, 0.1) is 5.92 Å². The molecule has 37 heavy (non-hydrogen) atoms. The van der Waals surface area contributed by atoms with Gasteiger partial charge in [-0.3, -0.25) is 14.6 Å². The predicted molar refractivity (Wildman–Crippen MR) is 137 cm³/mol. The van der Waals surface area contributed by atoms with Crippen molar-refractivity contribution in [2.75, 3.05) is 25.2 Å². The second kappa shape index (κ2) is 9.77. The summed E-state index contributed by atoms with van der Waals surface area (Å²) in [7, 11) is 0. The van der Waals surface area contributed by atoms with Crippen molar-refractivity contribution in [3.63, 3.8) is 0 Å². The molecule has 4 heterocycles. The minimum absolute atomic E-state index is 0.0566. The van der Waals surface area contributed by atoms with E-state index in [1.54, 1.807) is 46.4 Å². The maximum Gasteiger partial charge on any atom is 0.257 e. The fraction of sp³-hybridized carbons (Fsp3) is 0.214. The first kappa shape index (κ1) is 22.8. The summed E-state index contributed by atoms with van der Waals surface area (Å²) in [5.74, 6) is 0.957. The molecular weight excluding hydrogens is 470 g/mol. The number of para-hydroxylation sites is 1. The Morgan fingerprint density at radius 1 is 0.946 bits per heavy atom. The van der Waals surface area contributed by atoms with E-state index >= 15 is 0 Å². The van der Waals surface area contributed by atoms with E-state index < -0.39 is 0 Å². The van der Waals surface area contributed by atoms with E-state index in [2.05, 4.69) is 10.3 Å². The van der Waals surface area contributed by atoms with E-state index in [4.69, 9.17) is 14.6 Å². The highest BCUT2D eigenvalue weighted by Crippen LogP contribution is 2.34. The zero-order chi connectivity index (χ0) is 25.2. The standard InChI is InChI=1S/C28H25N5O4/c34-27(30-21-8-9-24-25(15-21)37-18-36-24)19-10-13-32(14-11-19)28(35)23-17-33(22-6-2-1-3-7-22)31-26(23)20-5-4-12-29-16-20/h1-9,12,15-17,19H,10-11,13-14,18H2,(H,30,34). The molecule has 2 aliphatic rings. The van der Waals surface area contributed by atoms with Crippen LogP contribution in [0.5, 0.6) is 11.5 Å². The second-order valence-corrected chi connectivity index (χ2v) is 9.04. The summed E-state index contributed by atoms with van der Waals surface area (Å²) in [5.41, 5.74) is 3.41. The van der Waals surface area contributed by atoms with Gasteiger partial charge in [-0.2, -0.15) is 5.10 Å². The lowest BCUT2D eigenvalue weighted by atomic mass is 9.95. The molecule has 0 spiro atoms. The number of carbonyl (C=O) groups excluding carboxylic acids is 2. The van der Waals surface area contributed by atoms with Gasteiger partial charge < -0.3 is 19.7 Å². The smallest absolute Gasteiger partial charge is 0.257 e. The number of fused-ring (bicyclic) bond motifs is 1. The van der Waals surface area contributed by atoms with E-state index in [-0.39, 0.29) is 24.5 Å². The summed E-state index contributed by atoms with van der Waals surface area (Å²) in [5, 5.41) is 7.70. The molecule has 1 fully saturated rings. The van der Waals surface area contributed by atoms with Gasteiger partial charge in [0.25, 0.3) is 5.91 Å². The highest BCUT2D eigenvalue weighted by molar-refractivity contribution is 6.00. The second-order valence-electron chi connectivity index (χ2n) is 9.04. The fourth-order valence-corrected chi connectivity index (χ4v) is 4.69. The van der Waals surface area contributed by atoms with Crippen LogP contribution >= 0.6 is 0 Å². The highest BCUT2D eigenvalue weighted by atomic mass is 16.7. The minimum atomic E-state index is -0.181. The summed E-state index contributed by atoms with van der Waals surface area (Å²) >= 11 is 0. The number of nitrogens with one attached hydrogen (secondary N) is 1. The normalized spacial score (nSPS) is 15.0. The van der Waals surface area contributed by atoms with E-state index in [1.165, 1.54) is 0 Å². The molecule has 2 aromatic carbocycles. The third kappa shape index (κ3) is 4.63. The van der Waals surface area contributed by atoms with Crippen LogP contribution in [-0.2, 0) is 4.79 Å². The van der Waals surface area contributed by atoms with Gasteiger partial charge in [-0.25, -0.2) is 4.68 Å². The van der Waals surface area contributed by atoms with Gasteiger partial charge in [-0.05, 0) is 49.2 Å². The number of rotatable bonds is 5. The predicted octanol–water partition coefficient (Wildman–Crippen LogP) is 4.15. The summed E-state index contributed by atoms with van der Waals surface area (Å²) < 4.78 is 12.4. The topological polar surface area (TPSA) is 98.6 Å². The van der Waals surface area contributed by atoms with Gasteiger partial charge in [0.2, 0.25) is 12.7 Å². The molecule has 9 heteroatoms. The van der Waals surface area contributed by atoms with Crippen LogP contribution in [0.2, 0.25) is 0 Å². The van der Waals surface area contributed by atoms with Gasteiger partial charge in [0.1, 0.15) is 5.69 Å². The van der Waals surface area contributed by atoms with Gasteiger partial charge in [0.05, 0.1) is 11.3 Å². The van der Waals surface area contributed by atoms with Crippen molar-refractivity contribution < 1.29 is 19.1 Å². The summed E-state index contributed by atoms with van der Waals surface area (Å²) in [6.07, 6.45) is 6.34. The Morgan fingerprint density at radius 3 is 2.54 bits per heavy atom. The van der Waals surface area contributed by atoms with Gasteiger partial charge in [-0.15, -0.1) is 0 Å². The number of nitrogens with zero attached hydrogens (tertiary/aromatic N) is 4. The number of aromatic nitrogens is 3. The van der Waals surface area contributed by atoms with Crippen LogP contribution in [0.15, 0.2) is 79.3 Å². The zero-order valence-corrected chi connectivity index (χ0v) is 20.0. The number of ether oxygens (including phenoxy) is 2. The molecule has 2 amide bonds. The molecule has 4 aromatic rings. The Morgan fingerprint density at radius 2 is 1.76 bits per heavy atom. The molecule has 2 aliphatic heterocycles. The molecule has 1 saturated heterocycles. The number of amides is 2. The Bertz CT molecular complexity index is 1430. The Kier molecular flexibility index (Phi) is 6.02. The molecule has 6 rings (SSSR count). The molecule has 0 atom stereocenters. The van der Waals surface area contributed by atoms with Gasteiger partial charge >= 0.3 is 0 Å². The lowest BCUT2D eigenvalue weighted by Gasteiger charge is -2.31. The molecule has 0 radical (unpaired) electrons. The number of anilines is 1. The number of piperidine rings is 1. The van der Waals surface area contributed by atoms with Gasteiger partial charge in [-0.1, -0.05) is 18.2 Å². The first-order valence-corrected chi connectivity index (χ1v) is 12.2. The van der Waals surface area contributed by atoms with Crippen LogP contribution in [-0.4, -0.2) is 51.4 Å². The van der Waals surface area contributed by atoms with Crippen molar-refractivity contribution in [1.82, 2.24) is 19.7 Å². The van der Waals surface area contributed by atoms with Crippen molar-refractivity contribution in [2.24, 2.45) is 5.92 Å². The summed E-state index contributed by atoms with van der Waals surface area (Å²) in [4.78, 5) is 32.6. The van der Waals surface area contributed by atoms with E-state index in [9.17, 15) is 9.59 Å². The molecule has 2 aromatic heterocycles. The van der Waals surface area contributed by atoms with Crippen LogP contribution in [0.1, 0.15) is 23.2 Å². The monoisotopic (exact) mass is 495 g/mol. The molecule has 0 unspecified atom stereocenters. The van der Waals surface area contributed by atoms with Crippen molar-refractivity contribution in [2.45, 2.75) is 12.8 Å². The maximum atomic E-state index is 13.6. The van der Waals surface area contributed by atoms with Crippen molar-refractivity contribution in [3.05, 3.63) is 84.8 Å². The number of hydrogen-bond donors (Lipinski definition) is 1. The number of benzene rings is 2. The van der Waals surface area contributed by atoms with Crippen LogP contribution in [0.4, 0.5) is 5.69 Å². The molecule has 186 valence electrons. The number of likely N-dealkylation sites (tertiary alicyclic amines) is 1. The SMILES string of the molecule is O=C(Nc1ccc2c(c1)OCO2)C1CCN(C(=O)c2cn(-c3ccccc3)nc2-c2cccnc2)CC1. The first-order valence-electron chi connectivity index (χ1n) is 12.2. The average Bonchev–Trinajstić information content (AvgIpc) is 3.61. The third-order valence-corrected chi connectivity index (χ3v) is 6.69. The number of hydrogen-bond acceptors (Lipinski definition) is 6. The highest BCUT2D eigenvalue weighted by Gasteiger charge is 2.30. The fourth-order valence-electron chi connectivity index (χ4n) is 4.69. The largest absolute Gasteiger partial charge is 0.454 e. The lowest BCUT2D eigenvalue weighted by molar-refractivity contribution is -0.121. The average molecular weight is 496 g/mol. The molecule has 9 nitrogen and oxygen atoms in total. The molecule has 1 N–H and O–H groups in total. The number of carbonyl (C=O) groups is 2. The van der Waals surface area contributed by atoms with Gasteiger partial charge in [0.15, 0.2) is 11.5 Å². The van der Waals surface area contributed by atoms with Crippen LogP contribution in [0.3, 0.4) is 0 Å². The quantitative estimate of drug-likeness (QED) is 0.447. The number of pyridine rings is 1. The van der Waals surface area contributed by atoms with Crippen LogP contribution < -0.4 is 14.8 Å². The Balaban J connectivity index is 1.16. The van der Waals surface area contributed by atoms with E-state index in [0.717, 1.165) is 11.3 Å². The van der Waals surface area contributed by atoms with Crippen molar-refractivity contribution in [1.29, 1.82) is 0 Å². The Labute approximate surface area is 213 Å². The lowest BCUT2D eigenvalue weighted by Crippen LogP contribution is -2.41. The first-order chi connectivity index (χ1) is 18.2. The van der Waals surface area contributed by atoms with Gasteiger partial charge in [0, 0.05) is 54.9 Å². The zero-order valence-electron chi connectivity index (χ0n) is 20.0. The van der Waals surface area contributed by atoms with Crippen molar-refractivity contribution in [3.8, 4) is 28.4 Å². The maximum absolute atomic E-state index is 13.6. The van der Waals surface area contributed by atoms with E-state index in [0.29, 0.717) is 54.4 Å². The molecule has 0 saturated carbocycles.